The normalized spacial score (nSPS) is 25.1. The fourth-order valence-corrected chi connectivity index (χ4v) is 2.63. The molecule has 1 N–H and O–H groups in total. The predicted molar refractivity (Wildman–Crippen MR) is 75.3 cm³/mol. The minimum absolute atomic E-state index is 0.516. The molecule has 3 nitrogen and oxygen atoms in total. The Morgan fingerprint density at radius 3 is 2.94 bits per heavy atom. The van der Waals surface area contributed by atoms with Crippen molar-refractivity contribution in [2.24, 2.45) is 0 Å². The number of nitrogens with zero attached hydrogens (tertiary/aromatic N) is 1. The van der Waals surface area contributed by atoms with E-state index >= 15 is 0 Å². The van der Waals surface area contributed by atoms with E-state index < -0.39 is 0 Å². The van der Waals surface area contributed by atoms with E-state index in [2.05, 4.69) is 24.1 Å². The lowest BCUT2D eigenvalue weighted by atomic mass is 10.1. The summed E-state index contributed by atoms with van der Waals surface area (Å²) >= 11 is 6.29. The van der Waals surface area contributed by atoms with Gasteiger partial charge in [-0.3, -0.25) is 4.90 Å². The molecule has 0 amide bonds. The molecule has 0 spiro atoms. The lowest BCUT2D eigenvalue weighted by molar-refractivity contribution is 0.137. The van der Waals surface area contributed by atoms with E-state index in [0.29, 0.717) is 12.1 Å². The molecule has 0 aliphatic carbocycles. The van der Waals surface area contributed by atoms with E-state index in [1.807, 2.05) is 18.2 Å². The molecule has 1 heterocycles. The molecular weight excluding hydrogens is 248 g/mol. The molecule has 0 saturated carbocycles. The van der Waals surface area contributed by atoms with Crippen LogP contribution in [-0.2, 0) is 6.54 Å². The summed E-state index contributed by atoms with van der Waals surface area (Å²) < 4.78 is 5.40. The van der Waals surface area contributed by atoms with Gasteiger partial charge in [0.05, 0.1) is 7.11 Å². The van der Waals surface area contributed by atoms with Crippen LogP contribution in [0.5, 0.6) is 5.75 Å². The summed E-state index contributed by atoms with van der Waals surface area (Å²) in [6, 6.07) is 6.86. The van der Waals surface area contributed by atoms with E-state index in [4.69, 9.17) is 16.3 Å². The van der Waals surface area contributed by atoms with Crippen LogP contribution in [0.2, 0.25) is 5.02 Å². The number of ether oxygens (including phenoxy) is 1. The van der Waals surface area contributed by atoms with Gasteiger partial charge < -0.3 is 10.1 Å². The van der Waals surface area contributed by atoms with Gasteiger partial charge in [-0.1, -0.05) is 17.7 Å². The van der Waals surface area contributed by atoms with E-state index in [9.17, 15) is 0 Å². The van der Waals surface area contributed by atoms with E-state index in [-0.39, 0.29) is 0 Å². The highest BCUT2D eigenvalue weighted by Gasteiger charge is 2.23. The second kappa shape index (κ2) is 5.91. The van der Waals surface area contributed by atoms with Gasteiger partial charge in [0, 0.05) is 42.3 Å². The van der Waals surface area contributed by atoms with E-state index in [1.165, 1.54) is 0 Å². The third-order valence-electron chi connectivity index (χ3n) is 3.55. The van der Waals surface area contributed by atoms with E-state index in [1.54, 1.807) is 7.11 Å². The third kappa shape index (κ3) is 2.97. The molecular formula is C14H21ClN2O. The zero-order chi connectivity index (χ0) is 13.1. The number of nitrogens with one attached hydrogen (secondary N) is 1. The van der Waals surface area contributed by atoms with Gasteiger partial charge in [-0.15, -0.1) is 0 Å². The summed E-state index contributed by atoms with van der Waals surface area (Å²) in [7, 11) is 1.69. The summed E-state index contributed by atoms with van der Waals surface area (Å²) in [6.45, 7) is 7.35. The molecule has 1 aliphatic rings. The van der Waals surface area contributed by atoms with Crippen molar-refractivity contribution in [3.8, 4) is 5.75 Å². The lowest BCUT2D eigenvalue weighted by Gasteiger charge is -2.37. The Kier molecular flexibility index (Phi) is 4.49. The van der Waals surface area contributed by atoms with Crippen molar-refractivity contribution in [2.45, 2.75) is 32.5 Å². The fraction of sp³-hybridized carbons (Fsp3) is 0.571. The van der Waals surface area contributed by atoms with Crippen molar-refractivity contribution in [2.75, 3.05) is 20.2 Å². The molecule has 2 rings (SSSR count). The maximum atomic E-state index is 6.29. The highest BCUT2D eigenvalue weighted by Crippen LogP contribution is 2.28. The summed E-state index contributed by atoms with van der Waals surface area (Å²) in [5.41, 5.74) is 1.09. The zero-order valence-corrected chi connectivity index (χ0v) is 12.0. The Bertz CT molecular complexity index is 411. The van der Waals surface area contributed by atoms with Crippen LogP contribution in [0.25, 0.3) is 0 Å². The van der Waals surface area contributed by atoms with Gasteiger partial charge in [0.15, 0.2) is 0 Å². The Morgan fingerprint density at radius 2 is 2.22 bits per heavy atom. The van der Waals surface area contributed by atoms with Crippen molar-refractivity contribution in [1.82, 2.24) is 10.2 Å². The standard InChI is InChI=1S/C14H21ClN2O/c1-10-8-17(11(2)7-16-10)9-12-13(15)5-4-6-14(12)18-3/h4-6,10-11,16H,7-9H2,1-3H3. The molecule has 0 bridgehead atoms. The Morgan fingerprint density at radius 1 is 1.44 bits per heavy atom. The van der Waals surface area contributed by atoms with Crippen LogP contribution >= 0.6 is 11.6 Å². The van der Waals surface area contributed by atoms with Crippen LogP contribution in [0.3, 0.4) is 0 Å². The Labute approximate surface area is 114 Å². The lowest BCUT2D eigenvalue weighted by Crippen LogP contribution is -2.53. The Balaban J connectivity index is 2.17. The third-order valence-corrected chi connectivity index (χ3v) is 3.90. The molecule has 100 valence electrons. The number of hydrogen-bond donors (Lipinski definition) is 1. The van der Waals surface area contributed by atoms with Gasteiger partial charge in [0.2, 0.25) is 0 Å². The largest absolute Gasteiger partial charge is 0.496 e. The number of piperazine rings is 1. The molecule has 1 fully saturated rings. The van der Waals surface area contributed by atoms with Gasteiger partial charge in [-0.05, 0) is 26.0 Å². The SMILES string of the molecule is COc1cccc(Cl)c1CN1CC(C)NCC1C. The van der Waals surface area contributed by atoms with Crippen molar-refractivity contribution >= 4 is 11.6 Å². The van der Waals surface area contributed by atoms with Gasteiger partial charge >= 0.3 is 0 Å². The van der Waals surface area contributed by atoms with Crippen LogP contribution < -0.4 is 10.1 Å². The van der Waals surface area contributed by atoms with Crippen molar-refractivity contribution in [1.29, 1.82) is 0 Å². The van der Waals surface area contributed by atoms with Crippen molar-refractivity contribution < 1.29 is 4.74 Å². The average Bonchev–Trinajstić information content (AvgIpc) is 2.36. The summed E-state index contributed by atoms with van der Waals surface area (Å²) in [4.78, 5) is 2.45. The minimum atomic E-state index is 0.516. The first-order valence-corrected chi connectivity index (χ1v) is 6.78. The smallest absolute Gasteiger partial charge is 0.124 e. The highest BCUT2D eigenvalue weighted by molar-refractivity contribution is 6.31. The number of rotatable bonds is 3. The zero-order valence-electron chi connectivity index (χ0n) is 11.2. The number of hydrogen-bond acceptors (Lipinski definition) is 3. The summed E-state index contributed by atoms with van der Waals surface area (Å²) in [5.74, 6) is 0.876. The molecule has 1 aromatic carbocycles. The highest BCUT2D eigenvalue weighted by atomic mass is 35.5. The van der Waals surface area contributed by atoms with Crippen molar-refractivity contribution in [3.63, 3.8) is 0 Å². The van der Waals surface area contributed by atoms with Crippen molar-refractivity contribution in [3.05, 3.63) is 28.8 Å². The number of benzene rings is 1. The van der Waals surface area contributed by atoms with Gasteiger partial charge in [-0.25, -0.2) is 0 Å². The first-order valence-electron chi connectivity index (χ1n) is 6.40. The molecule has 4 heteroatoms. The topological polar surface area (TPSA) is 24.5 Å². The van der Waals surface area contributed by atoms with Crippen LogP contribution in [-0.4, -0.2) is 37.2 Å². The second-order valence-corrected chi connectivity index (χ2v) is 5.42. The average molecular weight is 269 g/mol. The molecule has 1 saturated heterocycles. The second-order valence-electron chi connectivity index (χ2n) is 5.01. The predicted octanol–water partition coefficient (Wildman–Crippen LogP) is 2.53. The summed E-state index contributed by atoms with van der Waals surface area (Å²) in [6.07, 6.45) is 0. The number of halogens is 1. The first-order chi connectivity index (χ1) is 8.61. The van der Waals surface area contributed by atoms with Gasteiger partial charge in [0.25, 0.3) is 0 Å². The molecule has 2 atom stereocenters. The van der Waals surface area contributed by atoms with Crippen LogP contribution in [0.4, 0.5) is 0 Å². The molecule has 1 aliphatic heterocycles. The molecule has 0 radical (unpaired) electrons. The van der Waals surface area contributed by atoms with Crippen LogP contribution in [0.1, 0.15) is 19.4 Å². The summed E-state index contributed by atoms with van der Waals surface area (Å²) in [5, 5.41) is 4.27. The van der Waals surface area contributed by atoms with Crippen LogP contribution in [0, 0.1) is 0 Å². The Hall–Kier alpha value is -0.770. The van der Waals surface area contributed by atoms with Crippen LogP contribution in [0.15, 0.2) is 18.2 Å². The number of methoxy groups -OCH3 is 1. The van der Waals surface area contributed by atoms with Gasteiger partial charge in [-0.2, -0.15) is 0 Å². The maximum absolute atomic E-state index is 6.29. The monoisotopic (exact) mass is 268 g/mol. The first kappa shape index (κ1) is 13.7. The fourth-order valence-electron chi connectivity index (χ4n) is 2.40. The molecule has 0 aromatic heterocycles. The van der Waals surface area contributed by atoms with E-state index in [0.717, 1.165) is 36.0 Å². The minimum Gasteiger partial charge on any atom is -0.496 e. The quantitative estimate of drug-likeness (QED) is 0.912. The molecule has 18 heavy (non-hydrogen) atoms. The molecule has 2 unspecified atom stereocenters. The van der Waals surface area contributed by atoms with Gasteiger partial charge in [0.1, 0.15) is 5.75 Å². The maximum Gasteiger partial charge on any atom is 0.124 e. The molecule has 1 aromatic rings.